The third-order valence-electron chi connectivity index (χ3n) is 8.40. The summed E-state index contributed by atoms with van der Waals surface area (Å²) in [4.78, 5) is 38.0. The van der Waals surface area contributed by atoms with E-state index in [0.29, 0.717) is 40.8 Å². The smallest absolute Gasteiger partial charge is 0.658 e. The second-order valence-corrected chi connectivity index (χ2v) is 10.9. The molecule has 225 valence electrons. The van der Waals surface area contributed by atoms with Crippen molar-refractivity contribution in [2.75, 3.05) is 0 Å². The van der Waals surface area contributed by atoms with E-state index in [9.17, 15) is 19.8 Å². The van der Waals surface area contributed by atoms with Crippen LogP contribution in [-0.4, -0.2) is 27.1 Å². The molecule has 0 aromatic carbocycles. The van der Waals surface area contributed by atoms with E-state index in [1.807, 2.05) is 62.6 Å². The Kier molecular flexibility index (Phi) is 9.23. The largest absolute Gasteiger partial charge is 3.00 e. The predicted octanol–water partition coefficient (Wildman–Crippen LogP) is 6.29. The van der Waals surface area contributed by atoms with Crippen molar-refractivity contribution in [2.24, 2.45) is 0 Å². The molecule has 8 bridgehead atoms. The first-order valence-electron chi connectivity index (χ1n) is 14.1. The first-order chi connectivity index (χ1) is 20.4. The molecule has 5 rings (SSSR count). The number of hydrogen-bond acceptors (Lipinski definition) is 3. The van der Waals surface area contributed by atoms with Gasteiger partial charge in [0.15, 0.2) is 0 Å². The zero-order chi connectivity index (χ0) is 31.2. The molecule has 0 aliphatic carbocycles. The number of hydrogen-bond donors (Lipinski definition) is 2. The molecule has 2 aliphatic heterocycles. The van der Waals surface area contributed by atoms with Crippen molar-refractivity contribution in [3.8, 4) is 0 Å². The summed E-state index contributed by atoms with van der Waals surface area (Å²) in [5, 5.41) is 18.9. The fourth-order valence-electron chi connectivity index (χ4n) is 5.91. The number of aryl methyl sites for hydroxylation is 3. The SMILES string of the molecule is C=CC1=C(C)c2cc3[n-]c(cc4nc(cc5[n-]c(cc1[n+]2[CH2-])c(C)c5C=C)C(C)=C4CCC(=O)O)c(CCC(=O)O)c3C.[Fe+3]. The topological polar surface area (TPSA) is 120 Å². The van der Waals surface area contributed by atoms with Crippen molar-refractivity contribution < 1.29 is 41.4 Å². The number of carboxylic acids is 2. The van der Waals surface area contributed by atoms with Crippen molar-refractivity contribution in [3.05, 3.63) is 95.6 Å². The van der Waals surface area contributed by atoms with E-state index < -0.39 is 11.9 Å². The first-order valence-corrected chi connectivity index (χ1v) is 14.1. The van der Waals surface area contributed by atoms with Gasteiger partial charge in [0.1, 0.15) is 11.4 Å². The maximum atomic E-state index is 11.6. The Balaban J connectivity index is 0.00000442. The standard InChI is InChI=1S/C35H36N4O4.Fe/c1-8-22-18(3)28-17-33-23(9-2)21(6)32(39(33)7)16-27-20(5)25(11-13-35(42)43)31(38-27)15-30-24(10-12-34(40)41)19(4)26(36-30)14-29(22)37-28;/h8-9,14-17H,1-2,7,10-13H2,3-6H3,(H4,36,37,38,40,41,42,43);/q;+3/p-2. The van der Waals surface area contributed by atoms with Gasteiger partial charge in [-0.3, -0.25) is 9.59 Å². The van der Waals surface area contributed by atoms with E-state index in [4.69, 9.17) is 15.0 Å². The van der Waals surface area contributed by atoms with Crippen LogP contribution in [0.15, 0.2) is 43.5 Å². The molecule has 9 heteroatoms. The number of allylic oxidation sites excluding steroid dienone is 5. The van der Waals surface area contributed by atoms with Crippen molar-refractivity contribution in [3.63, 3.8) is 0 Å². The predicted molar refractivity (Wildman–Crippen MR) is 170 cm³/mol. The minimum Gasteiger partial charge on any atom is -0.658 e. The van der Waals surface area contributed by atoms with Gasteiger partial charge in [-0.1, -0.05) is 66.3 Å². The van der Waals surface area contributed by atoms with Gasteiger partial charge >= 0.3 is 29.0 Å². The molecule has 0 saturated carbocycles. The Morgan fingerprint density at radius 3 is 2.05 bits per heavy atom. The molecule has 0 fully saturated rings. The van der Waals surface area contributed by atoms with Crippen molar-refractivity contribution >= 4 is 62.4 Å². The van der Waals surface area contributed by atoms with E-state index >= 15 is 0 Å². The third kappa shape index (κ3) is 5.68. The molecule has 2 aliphatic rings. The summed E-state index contributed by atoms with van der Waals surface area (Å²) in [7, 11) is 4.36. The molecule has 5 heterocycles. The normalized spacial score (nSPS) is 12.7. The molecular weight excluding hydrogens is 596 g/mol. The fourth-order valence-corrected chi connectivity index (χ4v) is 5.91. The Morgan fingerprint density at radius 1 is 0.818 bits per heavy atom. The second-order valence-electron chi connectivity index (χ2n) is 10.9. The van der Waals surface area contributed by atoms with Crippen LogP contribution in [0.4, 0.5) is 0 Å². The van der Waals surface area contributed by atoms with Crippen LogP contribution in [0.1, 0.15) is 78.1 Å². The van der Waals surface area contributed by atoms with E-state index in [2.05, 4.69) is 20.2 Å². The number of fused-ring (bicyclic) bond motifs is 8. The number of nitrogens with zero attached hydrogens (tertiary/aromatic N) is 4. The molecular formula is C35H34FeN4O4+. The number of aromatic nitrogens is 4. The average Bonchev–Trinajstić information content (AvgIpc) is 3.59. The Morgan fingerprint density at radius 2 is 1.41 bits per heavy atom. The first kappa shape index (κ1) is 32.3. The molecule has 3 aromatic heterocycles. The molecule has 0 unspecified atom stereocenters. The summed E-state index contributed by atoms with van der Waals surface area (Å²) < 4.78 is 1.86. The summed E-state index contributed by atoms with van der Waals surface area (Å²) in [6.07, 6.45) is 4.07. The summed E-state index contributed by atoms with van der Waals surface area (Å²) in [5.74, 6) is -1.80. The monoisotopic (exact) mass is 630 g/mol. The molecule has 0 amide bonds. The molecule has 0 saturated heterocycles. The fraction of sp³-hybridized carbons (Fsp3) is 0.229. The molecule has 0 spiro atoms. The third-order valence-corrected chi connectivity index (χ3v) is 8.40. The zero-order valence-electron chi connectivity index (χ0n) is 25.3. The second kappa shape index (κ2) is 12.6. The molecule has 3 aromatic rings. The van der Waals surface area contributed by atoms with Gasteiger partial charge in [-0.2, -0.15) is 0 Å². The van der Waals surface area contributed by atoms with Crippen LogP contribution in [0.3, 0.4) is 0 Å². The summed E-state index contributed by atoms with van der Waals surface area (Å²) in [6.45, 7) is 16.0. The summed E-state index contributed by atoms with van der Waals surface area (Å²) >= 11 is 0. The molecule has 0 atom stereocenters. The maximum absolute atomic E-state index is 11.6. The molecule has 1 radical (unpaired) electrons. The van der Waals surface area contributed by atoms with Gasteiger partial charge in [0.25, 0.3) is 0 Å². The van der Waals surface area contributed by atoms with Crippen LogP contribution in [-0.2, 0) is 33.1 Å². The Hall–Kier alpha value is -4.59. The van der Waals surface area contributed by atoms with Crippen LogP contribution >= 0.6 is 0 Å². The van der Waals surface area contributed by atoms with Crippen molar-refractivity contribution in [1.82, 2.24) is 15.0 Å². The number of carbonyl (C=O) groups is 2. The van der Waals surface area contributed by atoms with Crippen LogP contribution in [0.25, 0.3) is 50.4 Å². The van der Waals surface area contributed by atoms with Crippen LogP contribution in [0.2, 0.25) is 0 Å². The van der Waals surface area contributed by atoms with E-state index in [-0.39, 0.29) is 29.9 Å². The van der Waals surface area contributed by atoms with Gasteiger partial charge in [-0.25, -0.2) is 4.98 Å². The van der Waals surface area contributed by atoms with Gasteiger partial charge in [0.2, 0.25) is 0 Å². The van der Waals surface area contributed by atoms with Crippen LogP contribution in [0.5, 0.6) is 0 Å². The minimum absolute atomic E-state index is 0. The van der Waals surface area contributed by atoms with E-state index in [1.54, 1.807) is 6.08 Å². The van der Waals surface area contributed by atoms with Crippen molar-refractivity contribution in [2.45, 2.75) is 53.4 Å². The summed E-state index contributed by atoms with van der Waals surface area (Å²) in [6, 6.07) is 7.73. The number of rotatable bonds is 8. The Bertz CT molecular complexity index is 1970. The minimum atomic E-state index is -0.899. The van der Waals surface area contributed by atoms with Gasteiger partial charge in [-0.05, 0) is 68.4 Å². The van der Waals surface area contributed by atoms with E-state index in [1.165, 1.54) is 0 Å². The number of carboxylic acid groups (broad SMARTS) is 2. The maximum Gasteiger partial charge on any atom is 3.00 e. The quantitative estimate of drug-likeness (QED) is 0.171. The Labute approximate surface area is 267 Å². The van der Waals surface area contributed by atoms with Gasteiger partial charge in [0, 0.05) is 19.9 Å². The van der Waals surface area contributed by atoms with Crippen LogP contribution in [0, 0.1) is 20.9 Å². The van der Waals surface area contributed by atoms with Gasteiger partial charge in [-0.15, -0.1) is 22.1 Å². The van der Waals surface area contributed by atoms with E-state index in [0.717, 1.165) is 61.5 Å². The molecule has 8 nitrogen and oxygen atoms in total. The number of aliphatic carboxylic acids is 2. The summed E-state index contributed by atoms with van der Waals surface area (Å²) in [5.41, 5.74) is 12.9. The van der Waals surface area contributed by atoms with Gasteiger partial charge < -0.3 is 24.7 Å². The van der Waals surface area contributed by atoms with Gasteiger partial charge in [0.05, 0.1) is 11.4 Å². The molecule has 44 heavy (non-hydrogen) atoms. The zero-order valence-corrected chi connectivity index (χ0v) is 26.4. The van der Waals surface area contributed by atoms with Crippen molar-refractivity contribution in [1.29, 1.82) is 0 Å². The van der Waals surface area contributed by atoms with Crippen LogP contribution < -0.4 is 14.5 Å². The average molecular weight is 631 g/mol. The molecule has 2 N–H and O–H groups in total.